The number of hydrogen-bond acceptors (Lipinski definition) is 1. The maximum atomic E-state index is 4.42. The summed E-state index contributed by atoms with van der Waals surface area (Å²) in [7, 11) is 2.10. The van der Waals surface area contributed by atoms with Gasteiger partial charge in [-0.25, -0.2) is 4.98 Å². The Hall–Kier alpha value is -2.03. The number of benzene rings is 2. The van der Waals surface area contributed by atoms with E-state index in [1.807, 2.05) is 31.3 Å². The first-order valence-corrected chi connectivity index (χ1v) is 5.70. The molecule has 0 spiro atoms. The average Bonchev–Trinajstić information content (AvgIpc) is 2.82. The molecular formula is C14H12BN2. The summed E-state index contributed by atoms with van der Waals surface area (Å²) in [5.41, 5.74) is 4.53. The molecule has 2 aromatic carbocycles. The van der Waals surface area contributed by atoms with Gasteiger partial charge in [-0.1, -0.05) is 36.6 Å². The van der Waals surface area contributed by atoms with Gasteiger partial charge in [0.05, 0.1) is 11.0 Å². The molecule has 81 valence electrons. The fourth-order valence-corrected chi connectivity index (χ4v) is 2.00. The normalized spacial score (nSPS) is 10.6. The first-order valence-electron chi connectivity index (χ1n) is 5.70. The molecule has 0 unspecified atom stereocenters. The maximum Gasteiger partial charge on any atom is 0.148 e. The highest BCUT2D eigenvalue weighted by molar-refractivity contribution is 6.52. The number of fused-ring (bicyclic) bond motifs is 1. The molecule has 0 N–H and O–H groups in total. The summed E-state index contributed by atoms with van der Waals surface area (Å²) in [5.74, 6) is 0. The van der Waals surface area contributed by atoms with E-state index in [4.69, 9.17) is 0 Å². The van der Waals surface area contributed by atoms with E-state index < -0.39 is 0 Å². The minimum atomic E-state index is 1.03. The zero-order chi connectivity index (χ0) is 11.7. The monoisotopic (exact) mass is 219 g/mol. The van der Waals surface area contributed by atoms with Crippen LogP contribution in [0.1, 0.15) is 0 Å². The lowest BCUT2D eigenvalue weighted by atomic mass is 9.73. The van der Waals surface area contributed by atoms with Crippen LogP contribution in [0.15, 0.2) is 54.9 Å². The quantitative estimate of drug-likeness (QED) is 0.605. The van der Waals surface area contributed by atoms with Crippen LogP contribution in [0.4, 0.5) is 0 Å². The lowest BCUT2D eigenvalue weighted by Gasteiger charge is -2.04. The highest BCUT2D eigenvalue weighted by atomic mass is 15.0. The molecule has 0 aliphatic heterocycles. The second-order valence-corrected chi connectivity index (χ2v) is 3.99. The van der Waals surface area contributed by atoms with Crippen LogP contribution in [-0.4, -0.2) is 16.8 Å². The Labute approximate surface area is 101 Å². The molecule has 2 nitrogen and oxygen atoms in total. The van der Waals surface area contributed by atoms with E-state index in [9.17, 15) is 0 Å². The van der Waals surface area contributed by atoms with Gasteiger partial charge in [-0.05, 0) is 24.3 Å². The first-order chi connectivity index (χ1) is 8.38. The number of nitrogens with zero attached hydrogens (tertiary/aromatic N) is 2. The van der Waals surface area contributed by atoms with Crippen molar-refractivity contribution in [2.45, 2.75) is 6.82 Å². The Morgan fingerprint density at radius 3 is 2.65 bits per heavy atom. The van der Waals surface area contributed by atoms with Crippen LogP contribution in [-0.2, 0) is 0 Å². The molecule has 1 radical (unpaired) electrons. The van der Waals surface area contributed by atoms with E-state index in [0.29, 0.717) is 0 Å². The summed E-state index contributed by atoms with van der Waals surface area (Å²) in [4.78, 5) is 4.42. The van der Waals surface area contributed by atoms with Gasteiger partial charge in [-0.3, -0.25) is 4.57 Å². The molecule has 1 heterocycles. The second kappa shape index (κ2) is 4.09. The van der Waals surface area contributed by atoms with Crippen molar-refractivity contribution in [3.63, 3.8) is 0 Å². The summed E-state index contributed by atoms with van der Waals surface area (Å²) in [6.07, 6.45) is 1.87. The summed E-state index contributed by atoms with van der Waals surface area (Å²) in [6.45, 7) is 2.05. The van der Waals surface area contributed by atoms with Gasteiger partial charge in [-0.2, -0.15) is 0 Å². The number of hydrogen-bond donors (Lipinski definition) is 0. The van der Waals surface area contributed by atoms with Crippen LogP contribution in [0, 0.1) is 0 Å². The van der Waals surface area contributed by atoms with Crippen molar-refractivity contribution in [1.29, 1.82) is 0 Å². The van der Waals surface area contributed by atoms with E-state index in [1.165, 1.54) is 5.46 Å². The maximum absolute atomic E-state index is 4.42. The molecule has 0 amide bonds. The minimum absolute atomic E-state index is 1.03. The van der Waals surface area contributed by atoms with Gasteiger partial charge in [0.15, 0.2) is 0 Å². The fourth-order valence-electron chi connectivity index (χ4n) is 2.00. The summed E-state index contributed by atoms with van der Waals surface area (Å²) >= 11 is 0. The lowest BCUT2D eigenvalue weighted by molar-refractivity contribution is 1.09. The van der Waals surface area contributed by atoms with Gasteiger partial charge >= 0.3 is 0 Å². The molecule has 0 aliphatic rings. The van der Waals surface area contributed by atoms with Crippen LogP contribution in [0.3, 0.4) is 0 Å². The van der Waals surface area contributed by atoms with Crippen LogP contribution < -0.4 is 5.46 Å². The first kappa shape index (κ1) is 10.1. The van der Waals surface area contributed by atoms with Crippen molar-refractivity contribution in [2.24, 2.45) is 0 Å². The highest BCUT2D eigenvalue weighted by Gasteiger charge is 2.04. The predicted octanol–water partition coefficient (Wildman–Crippen LogP) is 2.40. The van der Waals surface area contributed by atoms with Crippen molar-refractivity contribution < 1.29 is 0 Å². The lowest BCUT2D eigenvalue weighted by Crippen LogP contribution is -2.09. The van der Waals surface area contributed by atoms with Crippen LogP contribution >= 0.6 is 0 Å². The van der Waals surface area contributed by atoms with Gasteiger partial charge in [0.1, 0.15) is 13.6 Å². The average molecular weight is 219 g/mol. The van der Waals surface area contributed by atoms with E-state index in [2.05, 4.69) is 47.2 Å². The topological polar surface area (TPSA) is 17.8 Å². The number of aromatic nitrogens is 2. The standard InChI is InChI=1S/C14H12BN2/c1-15-11-7-8-13-14(9-11)17(10-16-13)12-5-3-2-4-6-12/h2-10H,1H3. The molecule has 0 saturated heterocycles. The summed E-state index contributed by atoms with van der Waals surface area (Å²) in [5, 5.41) is 0. The Kier molecular flexibility index (Phi) is 2.44. The van der Waals surface area contributed by atoms with Gasteiger partial charge in [-0.15, -0.1) is 0 Å². The van der Waals surface area contributed by atoms with Gasteiger partial charge < -0.3 is 0 Å². The predicted molar refractivity (Wildman–Crippen MR) is 72.3 cm³/mol. The van der Waals surface area contributed by atoms with Crippen LogP contribution in [0.25, 0.3) is 16.7 Å². The van der Waals surface area contributed by atoms with Crippen molar-refractivity contribution in [3.05, 3.63) is 54.9 Å². The van der Waals surface area contributed by atoms with Crippen molar-refractivity contribution in [2.75, 3.05) is 0 Å². The summed E-state index contributed by atoms with van der Waals surface area (Å²) in [6, 6.07) is 16.6. The number of para-hydroxylation sites is 1. The molecular weight excluding hydrogens is 207 g/mol. The van der Waals surface area contributed by atoms with Crippen molar-refractivity contribution in [1.82, 2.24) is 9.55 Å². The van der Waals surface area contributed by atoms with E-state index in [1.54, 1.807) is 0 Å². The molecule has 0 fully saturated rings. The van der Waals surface area contributed by atoms with Crippen LogP contribution in [0.5, 0.6) is 0 Å². The Bertz CT molecular complexity index is 644. The third-order valence-corrected chi connectivity index (χ3v) is 2.94. The van der Waals surface area contributed by atoms with Gasteiger partial charge in [0, 0.05) is 5.69 Å². The molecule has 17 heavy (non-hydrogen) atoms. The third-order valence-electron chi connectivity index (χ3n) is 2.94. The Morgan fingerprint density at radius 2 is 1.88 bits per heavy atom. The largest absolute Gasteiger partial charge is 0.299 e. The molecule has 3 aromatic rings. The second-order valence-electron chi connectivity index (χ2n) is 3.99. The molecule has 1 aromatic heterocycles. The SMILES string of the molecule is C[B]c1ccc2ncn(-c3ccccc3)c2c1. The van der Waals surface area contributed by atoms with E-state index >= 15 is 0 Å². The third kappa shape index (κ3) is 1.74. The molecule has 0 aliphatic carbocycles. The van der Waals surface area contributed by atoms with E-state index in [0.717, 1.165) is 16.7 Å². The minimum Gasteiger partial charge on any atom is -0.299 e. The summed E-state index contributed by atoms with van der Waals surface area (Å²) < 4.78 is 2.11. The molecule has 0 saturated carbocycles. The fraction of sp³-hybridized carbons (Fsp3) is 0.0714. The highest BCUT2D eigenvalue weighted by Crippen LogP contribution is 2.16. The Balaban J connectivity index is 2.23. The van der Waals surface area contributed by atoms with Gasteiger partial charge in [0.2, 0.25) is 0 Å². The zero-order valence-electron chi connectivity index (χ0n) is 9.67. The molecule has 3 heteroatoms. The van der Waals surface area contributed by atoms with Crippen LogP contribution in [0.2, 0.25) is 6.82 Å². The molecule has 0 bridgehead atoms. The number of imidazole rings is 1. The Morgan fingerprint density at radius 1 is 1.06 bits per heavy atom. The van der Waals surface area contributed by atoms with Gasteiger partial charge in [0.25, 0.3) is 0 Å². The smallest absolute Gasteiger partial charge is 0.148 e. The van der Waals surface area contributed by atoms with Crippen molar-refractivity contribution in [3.8, 4) is 5.69 Å². The zero-order valence-corrected chi connectivity index (χ0v) is 9.67. The van der Waals surface area contributed by atoms with E-state index in [-0.39, 0.29) is 0 Å². The molecule has 3 rings (SSSR count). The van der Waals surface area contributed by atoms with Crippen molar-refractivity contribution >= 4 is 23.8 Å². The molecule has 0 atom stereocenters. The number of rotatable bonds is 2.